The molecule has 3 heterocycles. The number of H-pyrrole nitrogens is 1. The highest BCUT2D eigenvalue weighted by atomic mass is 16.3. The van der Waals surface area contributed by atoms with Gasteiger partial charge in [-0.1, -0.05) is 0 Å². The van der Waals surface area contributed by atoms with Gasteiger partial charge in [0.25, 0.3) is 0 Å². The van der Waals surface area contributed by atoms with Crippen molar-refractivity contribution in [3.63, 3.8) is 0 Å². The third-order valence-corrected chi connectivity index (χ3v) is 3.91. The Kier molecular flexibility index (Phi) is 4.75. The van der Waals surface area contributed by atoms with E-state index in [4.69, 9.17) is 4.42 Å². The standard InChI is InChI=1S/C15H21N5O2/c21-15(16-10-12-5-6-18-19-12)17-11-13(14-4-3-9-22-14)20-7-1-2-8-20/h3-6,9,13H,1-2,7-8,10-11H2,(H,18,19)(H2,16,17,21)/t13-/m1/s1. The molecule has 2 aromatic rings. The van der Waals surface area contributed by atoms with Gasteiger partial charge in [0.05, 0.1) is 24.5 Å². The Morgan fingerprint density at radius 1 is 1.36 bits per heavy atom. The van der Waals surface area contributed by atoms with E-state index >= 15 is 0 Å². The first-order valence-corrected chi connectivity index (χ1v) is 7.60. The predicted molar refractivity (Wildman–Crippen MR) is 81.1 cm³/mol. The number of aromatic amines is 1. The highest BCUT2D eigenvalue weighted by molar-refractivity contribution is 5.73. The summed E-state index contributed by atoms with van der Waals surface area (Å²) in [6.45, 7) is 3.05. The highest BCUT2D eigenvalue weighted by Crippen LogP contribution is 2.24. The van der Waals surface area contributed by atoms with Crippen molar-refractivity contribution in [2.24, 2.45) is 0 Å². The molecular formula is C15H21N5O2. The van der Waals surface area contributed by atoms with Gasteiger partial charge >= 0.3 is 6.03 Å². The molecule has 1 fully saturated rings. The lowest BCUT2D eigenvalue weighted by atomic mass is 10.2. The Labute approximate surface area is 129 Å². The number of hydrogen-bond donors (Lipinski definition) is 3. The van der Waals surface area contributed by atoms with Crippen molar-refractivity contribution in [2.75, 3.05) is 19.6 Å². The SMILES string of the molecule is O=C(NCc1ccn[nH]1)NC[C@H](c1ccco1)N1CCCC1. The van der Waals surface area contributed by atoms with Crippen molar-refractivity contribution in [3.05, 3.63) is 42.1 Å². The first kappa shape index (κ1) is 14.6. The second kappa shape index (κ2) is 7.13. The van der Waals surface area contributed by atoms with E-state index in [9.17, 15) is 4.79 Å². The molecule has 0 aromatic carbocycles. The van der Waals surface area contributed by atoms with E-state index < -0.39 is 0 Å². The van der Waals surface area contributed by atoms with E-state index in [1.54, 1.807) is 12.5 Å². The summed E-state index contributed by atoms with van der Waals surface area (Å²) in [6, 6.07) is 5.58. The van der Waals surface area contributed by atoms with Crippen LogP contribution in [0.5, 0.6) is 0 Å². The van der Waals surface area contributed by atoms with E-state index in [0.717, 1.165) is 24.5 Å². The molecule has 0 radical (unpaired) electrons. The summed E-state index contributed by atoms with van der Waals surface area (Å²) >= 11 is 0. The molecule has 0 unspecified atom stereocenters. The third-order valence-electron chi connectivity index (χ3n) is 3.91. The molecule has 3 N–H and O–H groups in total. The van der Waals surface area contributed by atoms with Gasteiger partial charge in [-0.05, 0) is 44.1 Å². The zero-order valence-electron chi connectivity index (χ0n) is 12.4. The summed E-state index contributed by atoms with van der Waals surface area (Å²) in [6.07, 6.45) is 5.73. The van der Waals surface area contributed by atoms with E-state index in [0.29, 0.717) is 13.1 Å². The fourth-order valence-corrected chi connectivity index (χ4v) is 2.75. The van der Waals surface area contributed by atoms with Crippen molar-refractivity contribution >= 4 is 6.03 Å². The van der Waals surface area contributed by atoms with Gasteiger partial charge < -0.3 is 15.1 Å². The van der Waals surface area contributed by atoms with Crippen molar-refractivity contribution in [3.8, 4) is 0 Å². The molecule has 0 spiro atoms. The lowest BCUT2D eigenvalue weighted by molar-refractivity contribution is 0.203. The quantitative estimate of drug-likeness (QED) is 0.757. The van der Waals surface area contributed by atoms with E-state index in [1.165, 1.54) is 12.8 Å². The molecule has 22 heavy (non-hydrogen) atoms. The van der Waals surface area contributed by atoms with Crippen LogP contribution in [0, 0.1) is 0 Å². The molecular weight excluding hydrogens is 282 g/mol. The van der Waals surface area contributed by atoms with E-state index in [1.807, 2.05) is 18.2 Å². The monoisotopic (exact) mass is 303 g/mol. The van der Waals surface area contributed by atoms with Gasteiger partial charge in [0, 0.05) is 12.7 Å². The minimum absolute atomic E-state index is 0.0930. The van der Waals surface area contributed by atoms with Crippen molar-refractivity contribution in [1.82, 2.24) is 25.7 Å². The number of aromatic nitrogens is 2. The Hall–Kier alpha value is -2.28. The van der Waals surface area contributed by atoms with Crippen LogP contribution in [0.4, 0.5) is 4.79 Å². The number of furan rings is 1. The molecule has 2 amide bonds. The van der Waals surface area contributed by atoms with Gasteiger partial charge in [-0.3, -0.25) is 10.00 Å². The lowest BCUT2D eigenvalue weighted by Crippen LogP contribution is -2.41. The van der Waals surface area contributed by atoms with Crippen molar-refractivity contribution in [2.45, 2.75) is 25.4 Å². The number of nitrogens with zero attached hydrogens (tertiary/aromatic N) is 2. The zero-order chi connectivity index (χ0) is 15.2. The number of carbonyl (C=O) groups excluding carboxylic acids is 1. The van der Waals surface area contributed by atoms with Gasteiger partial charge in [-0.25, -0.2) is 4.79 Å². The van der Waals surface area contributed by atoms with Gasteiger partial charge in [0.15, 0.2) is 0 Å². The Morgan fingerprint density at radius 2 is 2.23 bits per heavy atom. The fourth-order valence-electron chi connectivity index (χ4n) is 2.75. The highest BCUT2D eigenvalue weighted by Gasteiger charge is 2.25. The second-order valence-electron chi connectivity index (χ2n) is 5.42. The van der Waals surface area contributed by atoms with Crippen LogP contribution < -0.4 is 10.6 Å². The summed E-state index contributed by atoms with van der Waals surface area (Å²) in [5.74, 6) is 0.899. The number of likely N-dealkylation sites (tertiary alicyclic amines) is 1. The number of nitrogens with one attached hydrogen (secondary N) is 3. The summed E-state index contributed by atoms with van der Waals surface area (Å²) < 4.78 is 5.53. The largest absolute Gasteiger partial charge is 0.468 e. The molecule has 0 bridgehead atoms. The number of amides is 2. The van der Waals surface area contributed by atoms with Crippen LogP contribution in [0.25, 0.3) is 0 Å². The normalized spacial score (nSPS) is 16.5. The summed E-state index contributed by atoms with van der Waals surface area (Å²) in [5.41, 5.74) is 0.872. The molecule has 0 saturated carbocycles. The maximum absolute atomic E-state index is 11.9. The molecule has 2 aromatic heterocycles. The number of urea groups is 1. The summed E-state index contributed by atoms with van der Waals surface area (Å²) in [4.78, 5) is 14.3. The number of rotatable bonds is 6. The van der Waals surface area contributed by atoms with Crippen LogP contribution in [0.3, 0.4) is 0 Å². The van der Waals surface area contributed by atoms with Crippen LogP contribution in [0.2, 0.25) is 0 Å². The zero-order valence-corrected chi connectivity index (χ0v) is 12.4. The number of hydrogen-bond acceptors (Lipinski definition) is 4. The van der Waals surface area contributed by atoms with Crippen LogP contribution in [-0.4, -0.2) is 40.8 Å². The van der Waals surface area contributed by atoms with Crippen LogP contribution in [-0.2, 0) is 6.54 Å². The van der Waals surface area contributed by atoms with Crippen LogP contribution >= 0.6 is 0 Å². The molecule has 1 aliphatic rings. The van der Waals surface area contributed by atoms with Gasteiger partial charge in [0.2, 0.25) is 0 Å². The predicted octanol–water partition coefficient (Wildman–Crippen LogP) is 1.64. The first-order chi connectivity index (χ1) is 10.8. The number of carbonyl (C=O) groups is 1. The fraction of sp³-hybridized carbons (Fsp3) is 0.467. The van der Waals surface area contributed by atoms with Crippen molar-refractivity contribution < 1.29 is 9.21 Å². The van der Waals surface area contributed by atoms with Gasteiger partial charge in [-0.15, -0.1) is 0 Å². The van der Waals surface area contributed by atoms with Crippen LogP contribution in [0.15, 0.2) is 35.1 Å². The Morgan fingerprint density at radius 3 is 2.91 bits per heavy atom. The summed E-state index contributed by atoms with van der Waals surface area (Å²) in [5, 5.41) is 12.4. The lowest BCUT2D eigenvalue weighted by Gasteiger charge is -2.26. The van der Waals surface area contributed by atoms with Crippen molar-refractivity contribution in [1.29, 1.82) is 0 Å². The first-order valence-electron chi connectivity index (χ1n) is 7.60. The molecule has 7 heteroatoms. The minimum atomic E-state index is -0.189. The smallest absolute Gasteiger partial charge is 0.315 e. The topological polar surface area (TPSA) is 86.2 Å². The van der Waals surface area contributed by atoms with Gasteiger partial charge in [-0.2, -0.15) is 5.10 Å². The maximum Gasteiger partial charge on any atom is 0.315 e. The molecule has 1 atom stereocenters. The van der Waals surface area contributed by atoms with Crippen LogP contribution in [0.1, 0.15) is 30.3 Å². The van der Waals surface area contributed by atoms with Gasteiger partial charge in [0.1, 0.15) is 5.76 Å². The average molecular weight is 303 g/mol. The molecule has 0 aliphatic carbocycles. The molecule has 118 valence electrons. The minimum Gasteiger partial charge on any atom is -0.468 e. The Balaban J connectivity index is 1.51. The maximum atomic E-state index is 11.9. The van der Waals surface area contributed by atoms with E-state index in [-0.39, 0.29) is 12.1 Å². The average Bonchev–Trinajstić information content (AvgIpc) is 3.27. The summed E-state index contributed by atoms with van der Waals surface area (Å²) in [7, 11) is 0. The molecule has 1 aliphatic heterocycles. The Bertz CT molecular complexity index is 561. The van der Waals surface area contributed by atoms with E-state index in [2.05, 4.69) is 25.7 Å². The second-order valence-corrected chi connectivity index (χ2v) is 5.42. The molecule has 1 saturated heterocycles. The molecule has 3 rings (SSSR count). The third kappa shape index (κ3) is 3.67. The molecule has 7 nitrogen and oxygen atoms in total.